The average Bonchev–Trinajstić information content (AvgIpc) is 3.21. The van der Waals surface area contributed by atoms with Crippen molar-refractivity contribution in [3.63, 3.8) is 0 Å². The molecular formula is C27H34Cl3N5O3. The van der Waals surface area contributed by atoms with Gasteiger partial charge in [-0.2, -0.15) is 0 Å². The van der Waals surface area contributed by atoms with Crippen molar-refractivity contribution in [2.24, 2.45) is 5.92 Å². The van der Waals surface area contributed by atoms with E-state index in [0.29, 0.717) is 53.0 Å². The van der Waals surface area contributed by atoms with Crippen LogP contribution in [0.5, 0.6) is 5.88 Å². The van der Waals surface area contributed by atoms with E-state index >= 15 is 0 Å². The summed E-state index contributed by atoms with van der Waals surface area (Å²) in [5.41, 5.74) is 3.03. The van der Waals surface area contributed by atoms with Crippen LogP contribution in [-0.4, -0.2) is 49.2 Å². The molecule has 0 saturated carbocycles. The predicted molar refractivity (Wildman–Crippen MR) is 156 cm³/mol. The van der Waals surface area contributed by atoms with Crippen LogP contribution in [0, 0.1) is 12.8 Å². The second-order valence-corrected chi connectivity index (χ2v) is 9.94. The lowest BCUT2D eigenvalue weighted by Crippen LogP contribution is -2.30. The zero-order chi connectivity index (χ0) is 26.2. The van der Waals surface area contributed by atoms with Gasteiger partial charge in [0, 0.05) is 19.4 Å². The lowest BCUT2D eigenvalue weighted by molar-refractivity contribution is 0.195. The fourth-order valence-electron chi connectivity index (χ4n) is 4.34. The Morgan fingerprint density at radius 1 is 1.13 bits per heavy atom. The number of ether oxygens (including phenoxy) is 2. The van der Waals surface area contributed by atoms with Gasteiger partial charge >= 0.3 is 6.03 Å². The minimum atomic E-state index is -0.420. The number of aromatic nitrogens is 2. The van der Waals surface area contributed by atoms with Crippen molar-refractivity contribution in [1.29, 1.82) is 0 Å². The van der Waals surface area contributed by atoms with Crippen molar-refractivity contribution >= 4 is 53.1 Å². The highest BCUT2D eigenvalue weighted by atomic mass is 35.5. The van der Waals surface area contributed by atoms with Gasteiger partial charge in [-0.15, -0.1) is 17.5 Å². The molecule has 8 nitrogen and oxygen atoms in total. The lowest BCUT2D eigenvalue weighted by atomic mass is 9.99. The summed E-state index contributed by atoms with van der Waals surface area (Å²) in [4.78, 5) is 13.2. The summed E-state index contributed by atoms with van der Waals surface area (Å²) in [6.45, 7) is 5.09. The van der Waals surface area contributed by atoms with Gasteiger partial charge < -0.3 is 20.1 Å². The van der Waals surface area contributed by atoms with E-state index < -0.39 is 6.03 Å². The molecule has 1 saturated heterocycles. The molecule has 1 aliphatic rings. The van der Waals surface area contributed by atoms with Crippen LogP contribution in [0.3, 0.4) is 0 Å². The third-order valence-corrected chi connectivity index (χ3v) is 7.14. The van der Waals surface area contributed by atoms with E-state index in [1.807, 2.05) is 37.3 Å². The molecule has 0 unspecified atom stereocenters. The van der Waals surface area contributed by atoms with Gasteiger partial charge in [-0.3, -0.25) is 5.32 Å². The van der Waals surface area contributed by atoms with Crippen LogP contribution in [0.15, 0.2) is 42.5 Å². The highest BCUT2D eigenvalue weighted by Gasteiger charge is 2.22. The van der Waals surface area contributed by atoms with Crippen LogP contribution in [0.1, 0.15) is 30.4 Å². The Morgan fingerprint density at radius 3 is 2.55 bits per heavy atom. The SMILES string of the molecule is COCCCc1cc(Cl)c(Cl)cc1NC(=O)Nc1c(C)c(OCC2CCNCC2)nn1-c1ccccc1.Cl. The predicted octanol–water partition coefficient (Wildman–Crippen LogP) is 6.51. The molecule has 1 aliphatic heterocycles. The summed E-state index contributed by atoms with van der Waals surface area (Å²) in [5.74, 6) is 1.52. The lowest BCUT2D eigenvalue weighted by Gasteiger charge is -2.22. The fraction of sp³-hybridized carbons (Fsp3) is 0.407. The average molecular weight is 583 g/mol. The number of benzene rings is 2. The van der Waals surface area contributed by atoms with Gasteiger partial charge in [0.1, 0.15) is 5.82 Å². The standard InChI is InChI=1S/C27H33Cl2N5O3.ClH/c1-18-25(32-27(35)31-24-16-23(29)22(28)15-20(24)7-6-14-36-2)34(21-8-4-3-5-9-21)33-26(18)37-17-19-10-12-30-13-11-19;/h3-5,8-9,15-16,19,30H,6-7,10-14,17H2,1-2H3,(H2,31,32,35);1H. The molecule has 2 aromatic carbocycles. The fourth-order valence-corrected chi connectivity index (χ4v) is 4.69. The van der Waals surface area contributed by atoms with Gasteiger partial charge in [0.05, 0.1) is 27.9 Å². The zero-order valence-corrected chi connectivity index (χ0v) is 23.9. The minimum absolute atomic E-state index is 0. The summed E-state index contributed by atoms with van der Waals surface area (Å²) in [6.07, 6.45) is 3.60. The zero-order valence-electron chi connectivity index (χ0n) is 21.6. The highest BCUT2D eigenvalue weighted by molar-refractivity contribution is 6.42. The Hall–Kier alpha value is -2.49. The highest BCUT2D eigenvalue weighted by Crippen LogP contribution is 2.32. The molecule has 0 atom stereocenters. The summed E-state index contributed by atoms with van der Waals surface area (Å²) in [7, 11) is 1.66. The number of methoxy groups -OCH3 is 1. The number of amides is 2. The van der Waals surface area contributed by atoms with E-state index in [1.165, 1.54) is 0 Å². The number of hydrogen-bond acceptors (Lipinski definition) is 5. The topological polar surface area (TPSA) is 89.4 Å². The van der Waals surface area contributed by atoms with Crippen molar-refractivity contribution < 1.29 is 14.3 Å². The maximum Gasteiger partial charge on any atom is 0.324 e. The Morgan fingerprint density at radius 2 is 1.84 bits per heavy atom. The maximum atomic E-state index is 13.2. The number of hydrogen-bond donors (Lipinski definition) is 3. The number of carbonyl (C=O) groups excluding carboxylic acids is 1. The van der Waals surface area contributed by atoms with Crippen molar-refractivity contribution in [1.82, 2.24) is 15.1 Å². The summed E-state index contributed by atoms with van der Waals surface area (Å²) in [5, 5.41) is 14.8. The van der Waals surface area contributed by atoms with Crippen molar-refractivity contribution in [3.8, 4) is 11.6 Å². The maximum absolute atomic E-state index is 13.2. The Balaban J connectivity index is 0.00000400. The normalized spacial score (nSPS) is 13.6. The molecule has 3 aromatic rings. The number of piperidine rings is 1. The van der Waals surface area contributed by atoms with Crippen LogP contribution < -0.4 is 20.7 Å². The number of anilines is 2. The van der Waals surface area contributed by atoms with Gasteiger partial charge in [-0.25, -0.2) is 9.48 Å². The van der Waals surface area contributed by atoms with E-state index in [-0.39, 0.29) is 12.4 Å². The van der Waals surface area contributed by atoms with Crippen LogP contribution in [0.25, 0.3) is 5.69 Å². The van der Waals surface area contributed by atoms with Gasteiger partial charge in [-0.1, -0.05) is 41.4 Å². The van der Waals surface area contributed by atoms with Gasteiger partial charge in [0.15, 0.2) is 0 Å². The summed E-state index contributed by atoms with van der Waals surface area (Å²) < 4.78 is 13.0. The van der Waals surface area contributed by atoms with Crippen LogP contribution in [0.4, 0.5) is 16.3 Å². The monoisotopic (exact) mass is 581 g/mol. The smallest absolute Gasteiger partial charge is 0.324 e. The molecule has 2 amide bonds. The van der Waals surface area contributed by atoms with Crippen molar-refractivity contribution in [2.75, 3.05) is 44.0 Å². The molecule has 0 spiro atoms. The van der Waals surface area contributed by atoms with Gasteiger partial charge in [0.2, 0.25) is 5.88 Å². The number of halogens is 3. The molecule has 2 heterocycles. The van der Waals surface area contributed by atoms with E-state index in [4.69, 9.17) is 37.8 Å². The molecule has 11 heteroatoms. The number of aryl methyl sites for hydroxylation is 1. The van der Waals surface area contributed by atoms with E-state index in [2.05, 4.69) is 16.0 Å². The van der Waals surface area contributed by atoms with E-state index in [9.17, 15) is 4.79 Å². The molecule has 206 valence electrons. The number of rotatable bonds is 10. The third kappa shape index (κ3) is 7.77. The van der Waals surface area contributed by atoms with Crippen molar-refractivity contribution in [2.45, 2.75) is 32.6 Å². The first-order valence-electron chi connectivity index (χ1n) is 12.5. The third-order valence-electron chi connectivity index (χ3n) is 6.41. The van der Waals surface area contributed by atoms with Gasteiger partial charge in [-0.05, 0) is 81.4 Å². The summed E-state index contributed by atoms with van der Waals surface area (Å²) >= 11 is 12.5. The van der Waals surface area contributed by atoms with Crippen LogP contribution in [-0.2, 0) is 11.2 Å². The molecule has 0 aliphatic carbocycles. The second-order valence-electron chi connectivity index (χ2n) is 9.13. The Kier molecular flexibility index (Phi) is 11.6. The molecule has 4 rings (SSSR count). The quantitative estimate of drug-likeness (QED) is 0.237. The Labute approximate surface area is 239 Å². The number of nitrogens with one attached hydrogen (secondary N) is 3. The molecule has 38 heavy (non-hydrogen) atoms. The number of urea groups is 1. The van der Waals surface area contributed by atoms with Crippen molar-refractivity contribution in [3.05, 3.63) is 63.6 Å². The Bertz CT molecular complexity index is 1200. The molecular weight excluding hydrogens is 549 g/mol. The first kappa shape index (κ1) is 30.1. The van der Waals surface area contributed by atoms with Gasteiger partial charge in [0.25, 0.3) is 0 Å². The molecule has 0 radical (unpaired) electrons. The largest absolute Gasteiger partial charge is 0.476 e. The number of nitrogens with zero attached hydrogens (tertiary/aromatic N) is 2. The second kappa shape index (κ2) is 14.6. The minimum Gasteiger partial charge on any atom is -0.476 e. The molecule has 1 fully saturated rings. The van der Waals surface area contributed by atoms with E-state index in [1.54, 1.807) is 23.9 Å². The molecule has 1 aromatic heterocycles. The van der Waals surface area contributed by atoms with Crippen LogP contribution >= 0.6 is 35.6 Å². The first-order chi connectivity index (χ1) is 18.0. The summed E-state index contributed by atoms with van der Waals surface area (Å²) in [6, 6.07) is 12.7. The number of para-hydroxylation sites is 1. The molecule has 0 bridgehead atoms. The van der Waals surface area contributed by atoms with Crippen LogP contribution in [0.2, 0.25) is 10.0 Å². The molecule has 3 N–H and O–H groups in total. The first-order valence-corrected chi connectivity index (χ1v) is 13.2. The van der Waals surface area contributed by atoms with E-state index in [0.717, 1.165) is 49.2 Å². The number of carbonyl (C=O) groups is 1.